The van der Waals surface area contributed by atoms with Crippen LogP contribution in [0.25, 0.3) is 0 Å². The van der Waals surface area contributed by atoms with Crippen LogP contribution in [0, 0.1) is 0 Å². The molecule has 6 nitrogen and oxygen atoms in total. The highest BCUT2D eigenvalue weighted by Gasteiger charge is 2.36. The summed E-state index contributed by atoms with van der Waals surface area (Å²) in [6.07, 6.45) is 1.65. The predicted octanol–water partition coefficient (Wildman–Crippen LogP) is 2.43. The highest BCUT2D eigenvalue weighted by atomic mass is 16.6. The van der Waals surface area contributed by atoms with Crippen LogP contribution in [0.2, 0.25) is 0 Å². The van der Waals surface area contributed by atoms with E-state index in [0.717, 1.165) is 0 Å². The van der Waals surface area contributed by atoms with Crippen LogP contribution in [0.15, 0.2) is 12.3 Å². The second-order valence-electron chi connectivity index (χ2n) is 6.05. The lowest BCUT2D eigenvalue weighted by molar-refractivity contribution is -0.161. The number of hydrogen-bond donors (Lipinski definition) is 1. The number of hydrogen-bond acceptors (Lipinski definition) is 6. The summed E-state index contributed by atoms with van der Waals surface area (Å²) < 4.78 is 15.7. The number of aromatic nitrogens is 1. The number of nitrogens with zero attached hydrogens (tertiary/aromatic N) is 1. The van der Waals surface area contributed by atoms with E-state index in [1.807, 2.05) is 0 Å². The maximum Gasteiger partial charge on any atom is 0.309 e. The zero-order valence-corrected chi connectivity index (χ0v) is 14.1. The monoisotopic (exact) mass is 311 g/mol. The normalized spacial score (nSPS) is 14.1. The molecular weight excluding hydrogens is 286 g/mol. The summed E-state index contributed by atoms with van der Waals surface area (Å²) in [4.78, 5) is 16.1. The van der Waals surface area contributed by atoms with Crippen molar-refractivity contribution in [3.8, 4) is 11.6 Å². The third-order valence-electron chi connectivity index (χ3n) is 3.21. The van der Waals surface area contributed by atoms with Gasteiger partial charge in [-0.05, 0) is 33.3 Å². The van der Waals surface area contributed by atoms with Gasteiger partial charge in [-0.2, -0.15) is 0 Å². The molecular formula is C16H25NO5. The minimum atomic E-state index is -1.41. The minimum absolute atomic E-state index is 0.176. The van der Waals surface area contributed by atoms with E-state index in [2.05, 4.69) is 4.98 Å². The van der Waals surface area contributed by atoms with E-state index < -0.39 is 17.2 Å². The van der Waals surface area contributed by atoms with E-state index in [-0.39, 0.29) is 12.3 Å². The summed E-state index contributed by atoms with van der Waals surface area (Å²) in [7, 11) is 2.93. The Bertz CT molecular complexity index is 524. The van der Waals surface area contributed by atoms with Crippen LogP contribution in [-0.2, 0) is 15.1 Å². The minimum Gasteiger partial charge on any atom is -0.491 e. The van der Waals surface area contributed by atoms with Crippen molar-refractivity contribution in [1.82, 2.24) is 4.98 Å². The van der Waals surface area contributed by atoms with E-state index in [1.165, 1.54) is 20.4 Å². The Kier molecular flexibility index (Phi) is 5.77. The van der Waals surface area contributed by atoms with Crippen molar-refractivity contribution < 1.29 is 24.1 Å². The van der Waals surface area contributed by atoms with Gasteiger partial charge < -0.3 is 19.3 Å². The zero-order valence-electron chi connectivity index (χ0n) is 14.1. The molecule has 0 saturated carbocycles. The summed E-state index contributed by atoms with van der Waals surface area (Å²) >= 11 is 0. The van der Waals surface area contributed by atoms with Crippen molar-refractivity contribution in [3.63, 3.8) is 0 Å². The highest BCUT2D eigenvalue weighted by Crippen LogP contribution is 2.39. The number of carbonyl (C=O) groups excluding carboxylic acids is 1. The summed E-state index contributed by atoms with van der Waals surface area (Å²) in [5, 5.41) is 10.9. The third kappa shape index (κ3) is 4.34. The standard InChI is InChI=1S/C16H25NO5/c1-7-16(19,10-12(18)22-15(2,3)4)11-8-9-17-14(21-6)13(11)20-5/h8-9,19H,7,10H2,1-6H3. The predicted molar refractivity (Wildman–Crippen MR) is 82.0 cm³/mol. The average Bonchev–Trinajstić information content (AvgIpc) is 2.43. The van der Waals surface area contributed by atoms with Crippen molar-refractivity contribution >= 4 is 5.97 Å². The highest BCUT2D eigenvalue weighted by molar-refractivity contribution is 5.72. The van der Waals surface area contributed by atoms with E-state index >= 15 is 0 Å². The molecule has 1 N–H and O–H groups in total. The van der Waals surface area contributed by atoms with Crippen LogP contribution in [0.5, 0.6) is 11.6 Å². The average molecular weight is 311 g/mol. The molecule has 0 fully saturated rings. The van der Waals surface area contributed by atoms with Gasteiger partial charge in [0.15, 0.2) is 5.75 Å². The number of ether oxygens (including phenoxy) is 3. The molecule has 0 amide bonds. The van der Waals surface area contributed by atoms with Crippen molar-refractivity contribution in [2.75, 3.05) is 14.2 Å². The molecule has 0 aliphatic rings. The lowest BCUT2D eigenvalue weighted by atomic mass is 9.87. The van der Waals surface area contributed by atoms with E-state index in [1.54, 1.807) is 33.8 Å². The Morgan fingerprint density at radius 1 is 1.27 bits per heavy atom. The number of carbonyl (C=O) groups is 1. The quantitative estimate of drug-likeness (QED) is 0.813. The lowest BCUT2D eigenvalue weighted by Gasteiger charge is -2.29. The number of pyridine rings is 1. The SMILES string of the molecule is CCC(O)(CC(=O)OC(C)(C)C)c1ccnc(OC)c1OC. The first-order valence-electron chi connectivity index (χ1n) is 7.18. The van der Waals surface area contributed by atoms with Gasteiger partial charge in [0.05, 0.1) is 20.6 Å². The molecule has 1 atom stereocenters. The van der Waals surface area contributed by atoms with Gasteiger partial charge in [0, 0.05) is 11.8 Å². The Morgan fingerprint density at radius 2 is 1.91 bits per heavy atom. The second kappa shape index (κ2) is 6.96. The number of methoxy groups -OCH3 is 2. The molecule has 1 rings (SSSR count). The van der Waals surface area contributed by atoms with Gasteiger partial charge in [0.2, 0.25) is 0 Å². The molecule has 0 saturated heterocycles. The van der Waals surface area contributed by atoms with Gasteiger partial charge in [-0.1, -0.05) is 6.92 Å². The fourth-order valence-corrected chi connectivity index (χ4v) is 2.17. The molecule has 1 unspecified atom stereocenters. The van der Waals surface area contributed by atoms with E-state index in [4.69, 9.17) is 14.2 Å². The lowest BCUT2D eigenvalue weighted by Crippen LogP contribution is -2.33. The maximum atomic E-state index is 12.1. The van der Waals surface area contributed by atoms with Gasteiger partial charge in [0.1, 0.15) is 11.2 Å². The number of aliphatic hydroxyl groups is 1. The Balaban J connectivity index is 3.16. The first kappa shape index (κ1) is 18.2. The van der Waals surface area contributed by atoms with Crippen LogP contribution in [-0.4, -0.2) is 35.9 Å². The molecule has 0 aliphatic carbocycles. The summed E-state index contributed by atoms with van der Waals surface area (Å²) in [6.45, 7) is 7.14. The second-order valence-corrected chi connectivity index (χ2v) is 6.05. The fraction of sp³-hybridized carbons (Fsp3) is 0.625. The van der Waals surface area contributed by atoms with Crippen LogP contribution in [0.1, 0.15) is 46.1 Å². The topological polar surface area (TPSA) is 77.9 Å². The van der Waals surface area contributed by atoms with E-state index in [9.17, 15) is 9.90 Å². The van der Waals surface area contributed by atoms with Crippen molar-refractivity contribution in [2.24, 2.45) is 0 Å². The molecule has 0 spiro atoms. The number of esters is 1. The van der Waals surface area contributed by atoms with Gasteiger partial charge in [-0.25, -0.2) is 4.98 Å². The molecule has 0 aromatic carbocycles. The van der Waals surface area contributed by atoms with E-state index in [0.29, 0.717) is 17.7 Å². The van der Waals surface area contributed by atoms with Gasteiger partial charge in [0.25, 0.3) is 5.88 Å². The summed E-state index contributed by atoms with van der Waals surface area (Å²) in [5.41, 5.74) is -1.56. The Labute approximate surface area is 131 Å². The fourth-order valence-electron chi connectivity index (χ4n) is 2.17. The number of rotatable bonds is 6. The largest absolute Gasteiger partial charge is 0.491 e. The van der Waals surface area contributed by atoms with Crippen LogP contribution in [0.4, 0.5) is 0 Å². The van der Waals surface area contributed by atoms with Crippen LogP contribution < -0.4 is 9.47 Å². The summed E-state index contributed by atoms with van der Waals surface area (Å²) in [6, 6.07) is 1.62. The first-order valence-corrected chi connectivity index (χ1v) is 7.18. The molecule has 1 heterocycles. The Morgan fingerprint density at radius 3 is 2.36 bits per heavy atom. The van der Waals surface area contributed by atoms with Crippen LogP contribution in [0.3, 0.4) is 0 Å². The van der Waals surface area contributed by atoms with Gasteiger partial charge in [-0.3, -0.25) is 4.79 Å². The zero-order chi connectivity index (χ0) is 17.0. The molecule has 0 radical (unpaired) electrons. The molecule has 1 aromatic heterocycles. The third-order valence-corrected chi connectivity index (χ3v) is 3.21. The smallest absolute Gasteiger partial charge is 0.309 e. The molecule has 6 heteroatoms. The molecule has 1 aromatic rings. The van der Waals surface area contributed by atoms with Crippen molar-refractivity contribution in [3.05, 3.63) is 17.8 Å². The molecule has 124 valence electrons. The van der Waals surface area contributed by atoms with Gasteiger partial charge in [-0.15, -0.1) is 0 Å². The van der Waals surface area contributed by atoms with Crippen molar-refractivity contribution in [1.29, 1.82) is 0 Å². The molecule has 22 heavy (non-hydrogen) atoms. The summed E-state index contributed by atoms with van der Waals surface area (Å²) in [5.74, 6) is 0.101. The first-order chi connectivity index (χ1) is 10.2. The molecule has 0 bridgehead atoms. The van der Waals surface area contributed by atoms with Crippen LogP contribution >= 0.6 is 0 Å². The Hall–Kier alpha value is -1.82. The molecule has 0 aliphatic heterocycles. The maximum absolute atomic E-state index is 12.1. The van der Waals surface area contributed by atoms with Crippen molar-refractivity contribution in [2.45, 2.75) is 51.7 Å². The van der Waals surface area contributed by atoms with Gasteiger partial charge >= 0.3 is 5.97 Å².